The quantitative estimate of drug-likeness (QED) is 0.424. The summed E-state index contributed by atoms with van der Waals surface area (Å²) >= 11 is 0. The van der Waals surface area contributed by atoms with E-state index in [9.17, 15) is 4.79 Å². The van der Waals surface area contributed by atoms with E-state index in [1.54, 1.807) is 22.1 Å². The van der Waals surface area contributed by atoms with Crippen molar-refractivity contribution < 1.29 is 13.6 Å². The third-order valence-electron chi connectivity index (χ3n) is 7.16. The monoisotopic (exact) mass is 469 g/mol. The highest BCUT2D eigenvalue weighted by Gasteiger charge is 2.42. The van der Waals surface area contributed by atoms with Gasteiger partial charge in [0.2, 0.25) is 0 Å². The number of hydrogen-bond acceptors (Lipinski definition) is 7. The first-order chi connectivity index (χ1) is 17.1. The Hall–Kier alpha value is -4.21. The van der Waals surface area contributed by atoms with Gasteiger partial charge >= 0.3 is 11.8 Å². The Balaban J connectivity index is 1.33. The first-order valence-electron chi connectivity index (χ1n) is 11.8. The number of aromatic amines is 1. The number of hydrogen-bond donors (Lipinski definition) is 1. The molecule has 10 heteroatoms. The molecule has 0 spiro atoms. The zero-order valence-electron chi connectivity index (χ0n) is 19.4. The molecule has 0 radical (unpaired) electrons. The van der Waals surface area contributed by atoms with Crippen LogP contribution < -0.4 is 0 Å². The molecule has 10 nitrogen and oxygen atoms in total. The first-order valence-corrected chi connectivity index (χ1v) is 11.8. The summed E-state index contributed by atoms with van der Waals surface area (Å²) in [5.41, 5.74) is 5.40. The van der Waals surface area contributed by atoms with Gasteiger partial charge < -0.3 is 18.7 Å². The van der Waals surface area contributed by atoms with Crippen LogP contribution in [-0.4, -0.2) is 47.3 Å². The first kappa shape index (κ1) is 20.2. The van der Waals surface area contributed by atoms with Crippen LogP contribution in [0.4, 0.5) is 0 Å². The largest absolute Gasteiger partial charge is 0.458 e. The lowest BCUT2D eigenvalue weighted by molar-refractivity contribution is 0.0631. The molecule has 1 atom stereocenters. The summed E-state index contributed by atoms with van der Waals surface area (Å²) in [6, 6.07) is 7.59. The average molecular weight is 470 g/mol. The van der Waals surface area contributed by atoms with Gasteiger partial charge in [-0.15, -0.1) is 10.2 Å². The molecular weight excluding hydrogens is 446 g/mol. The van der Waals surface area contributed by atoms with Crippen molar-refractivity contribution in [2.24, 2.45) is 7.05 Å². The number of nitrogens with one attached hydrogen (secondary N) is 1. The van der Waals surface area contributed by atoms with Crippen molar-refractivity contribution in [2.75, 3.05) is 6.54 Å². The number of H-pyrrole nitrogens is 1. The second-order valence-corrected chi connectivity index (χ2v) is 9.25. The highest BCUT2D eigenvalue weighted by Crippen LogP contribution is 2.50. The fourth-order valence-corrected chi connectivity index (χ4v) is 5.09. The van der Waals surface area contributed by atoms with Crippen LogP contribution in [-0.2, 0) is 13.5 Å². The Kier molecular flexibility index (Phi) is 4.26. The van der Waals surface area contributed by atoms with Crippen LogP contribution in [0.3, 0.4) is 0 Å². The number of carbonyl (C=O) groups excluding carboxylic acids is 1. The van der Waals surface area contributed by atoms with Crippen molar-refractivity contribution in [1.29, 1.82) is 0 Å². The summed E-state index contributed by atoms with van der Waals surface area (Å²) in [6.07, 6.45) is 6.22. The second kappa shape index (κ2) is 7.39. The number of nitrogens with zero attached hydrogens (tertiary/aromatic N) is 6. The van der Waals surface area contributed by atoms with E-state index in [-0.39, 0.29) is 17.7 Å². The van der Waals surface area contributed by atoms with E-state index in [4.69, 9.17) is 8.83 Å². The predicted octanol–water partition coefficient (Wildman–Crippen LogP) is 3.91. The molecule has 0 saturated heterocycles. The molecule has 5 aromatic rings. The smallest absolute Gasteiger partial charge is 0.312 e. The number of carbonyl (C=O) groups is 1. The molecule has 1 aromatic carbocycles. The third-order valence-corrected chi connectivity index (χ3v) is 7.16. The Bertz CT molecular complexity index is 1590. The van der Waals surface area contributed by atoms with Gasteiger partial charge in [0.05, 0.1) is 23.8 Å². The van der Waals surface area contributed by atoms with Crippen LogP contribution in [0.15, 0.2) is 45.6 Å². The van der Waals surface area contributed by atoms with Crippen LogP contribution in [0.1, 0.15) is 63.9 Å². The Morgan fingerprint density at radius 3 is 2.83 bits per heavy atom. The Labute approximate surface area is 200 Å². The number of para-hydroxylation sites is 1. The molecule has 176 valence electrons. The van der Waals surface area contributed by atoms with Crippen LogP contribution >= 0.6 is 0 Å². The maximum Gasteiger partial charge on any atom is 0.312 e. The molecule has 1 aliphatic heterocycles. The molecule has 4 aromatic heterocycles. The number of aryl methyl sites for hydroxylation is 1. The van der Waals surface area contributed by atoms with Crippen molar-refractivity contribution >= 4 is 16.9 Å². The molecule has 35 heavy (non-hydrogen) atoms. The van der Waals surface area contributed by atoms with Gasteiger partial charge in [-0.1, -0.05) is 18.2 Å². The summed E-state index contributed by atoms with van der Waals surface area (Å²) in [5.74, 6) is 1.08. The van der Waals surface area contributed by atoms with Gasteiger partial charge in [-0.05, 0) is 31.7 Å². The zero-order chi connectivity index (χ0) is 23.7. The van der Waals surface area contributed by atoms with Gasteiger partial charge in [-0.25, -0.2) is 4.98 Å². The molecule has 7 rings (SSSR count). The SMILES string of the molecule is Cc1c(-c2nnc(C(=O)N3CCc4[nH]cnc4[C@@H]3c3oc4ccccc4c3C3CC3)o2)cnn1C. The zero-order valence-corrected chi connectivity index (χ0v) is 19.4. The summed E-state index contributed by atoms with van der Waals surface area (Å²) in [5, 5.41) is 13.6. The molecule has 1 saturated carbocycles. The lowest BCUT2D eigenvalue weighted by Crippen LogP contribution is -2.41. The lowest BCUT2D eigenvalue weighted by atomic mass is 9.95. The molecule has 1 N–H and O–H groups in total. The van der Waals surface area contributed by atoms with Crippen molar-refractivity contribution in [3.05, 3.63) is 71.1 Å². The highest BCUT2D eigenvalue weighted by molar-refractivity contribution is 5.91. The minimum atomic E-state index is -0.476. The average Bonchev–Trinajstić information content (AvgIpc) is 3.24. The molecule has 2 aliphatic rings. The van der Waals surface area contributed by atoms with Crippen LogP contribution in [0, 0.1) is 6.92 Å². The number of rotatable bonds is 4. The number of benzene rings is 1. The maximum atomic E-state index is 13.8. The Morgan fingerprint density at radius 2 is 2.03 bits per heavy atom. The molecule has 1 aliphatic carbocycles. The van der Waals surface area contributed by atoms with Crippen LogP contribution in [0.2, 0.25) is 0 Å². The van der Waals surface area contributed by atoms with E-state index in [0.29, 0.717) is 24.4 Å². The minimum absolute atomic E-state index is 0.0590. The predicted molar refractivity (Wildman–Crippen MR) is 125 cm³/mol. The lowest BCUT2D eigenvalue weighted by Gasteiger charge is -2.33. The Morgan fingerprint density at radius 1 is 1.17 bits per heavy atom. The standard InChI is InChI=1S/C25H23N7O3/c1-13-16(11-28-31(13)2)23-29-30-24(35-23)25(33)32-10-9-17-20(27-12-26-17)21(32)22-19(14-7-8-14)15-5-3-4-6-18(15)34-22/h3-6,11-12,14,21H,7-10H2,1-2H3,(H,26,27)/t21-/m1/s1. The number of imidazole rings is 1. The van der Waals surface area contributed by atoms with E-state index >= 15 is 0 Å². The summed E-state index contributed by atoms with van der Waals surface area (Å²) < 4.78 is 14.0. The fraction of sp³-hybridized carbons (Fsp3) is 0.320. The molecule has 0 unspecified atom stereocenters. The number of amides is 1. The van der Waals surface area contributed by atoms with Crippen molar-refractivity contribution in [3.8, 4) is 11.5 Å². The van der Waals surface area contributed by atoms with Gasteiger partial charge in [0, 0.05) is 42.4 Å². The molecule has 0 bridgehead atoms. The van der Waals surface area contributed by atoms with Crippen molar-refractivity contribution in [1.82, 2.24) is 34.8 Å². The molecule has 5 heterocycles. The minimum Gasteiger partial charge on any atom is -0.458 e. The van der Waals surface area contributed by atoms with E-state index in [1.165, 1.54) is 5.56 Å². The maximum absolute atomic E-state index is 13.8. The summed E-state index contributed by atoms with van der Waals surface area (Å²) in [7, 11) is 1.84. The van der Waals surface area contributed by atoms with Crippen LogP contribution in [0.5, 0.6) is 0 Å². The molecule has 1 amide bonds. The van der Waals surface area contributed by atoms with E-state index < -0.39 is 6.04 Å². The van der Waals surface area contributed by atoms with Crippen molar-refractivity contribution in [3.63, 3.8) is 0 Å². The van der Waals surface area contributed by atoms with Gasteiger partial charge in [-0.3, -0.25) is 9.48 Å². The molecular formula is C25H23N7O3. The number of fused-ring (bicyclic) bond motifs is 2. The van der Waals surface area contributed by atoms with Gasteiger partial charge in [0.25, 0.3) is 5.89 Å². The van der Waals surface area contributed by atoms with E-state index in [0.717, 1.165) is 46.7 Å². The summed E-state index contributed by atoms with van der Waals surface area (Å²) in [4.78, 5) is 23.4. The highest BCUT2D eigenvalue weighted by atomic mass is 16.4. The van der Waals surface area contributed by atoms with Gasteiger partial charge in [-0.2, -0.15) is 5.10 Å². The van der Waals surface area contributed by atoms with E-state index in [2.05, 4.69) is 31.3 Å². The van der Waals surface area contributed by atoms with Gasteiger partial charge in [0.1, 0.15) is 17.4 Å². The van der Waals surface area contributed by atoms with E-state index in [1.807, 2.05) is 32.2 Å². The van der Waals surface area contributed by atoms with Gasteiger partial charge in [0.15, 0.2) is 0 Å². The summed E-state index contributed by atoms with van der Waals surface area (Å²) in [6.45, 7) is 2.39. The molecule has 1 fully saturated rings. The topological polar surface area (TPSA) is 119 Å². The third kappa shape index (κ3) is 3.05. The van der Waals surface area contributed by atoms with Crippen molar-refractivity contribution in [2.45, 2.75) is 38.1 Å². The number of furan rings is 1. The number of aromatic nitrogens is 6. The second-order valence-electron chi connectivity index (χ2n) is 9.25. The van der Waals surface area contributed by atoms with Crippen LogP contribution in [0.25, 0.3) is 22.4 Å². The fourth-order valence-electron chi connectivity index (χ4n) is 5.09. The normalized spacial score (nSPS) is 17.8.